The van der Waals surface area contributed by atoms with Gasteiger partial charge in [0.15, 0.2) is 0 Å². The molecule has 0 bridgehead atoms. The molecule has 0 radical (unpaired) electrons. The van der Waals surface area contributed by atoms with Crippen molar-refractivity contribution in [3.63, 3.8) is 0 Å². The third kappa shape index (κ3) is 8.04. The molecule has 0 atom stereocenters. The summed E-state index contributed by atoms with van der Waals surface area (Å²) < 4.78 is 40.3. The van der Waals surface area contributed by atoms with Crippen molar-refractivity contribution in [1.82, 2.24) is 0 Å². The predicted octanol–water partition coefficient (Wildman–Crippen LogP) is 10.4. The van der Waals surface area contributed by atoms with Gasteiger partial charge < -0.3 is 9.45 Å². The van der Waals surface area contributed by atoms with E-state index in [0.29, 0.717) is 11.1 Å². The lowest BCUT2D eigenvalue weighted by Gasteiger charge is -2.29. The Morgan fingerprint density at radius 1 is 0.735 bits per heavy atom. The van der Waals surface area contributed by atoms with E-state index in [1.807, 2.05) is 0 Å². The second kappa shape index (κ2) is 15.8. The fourth-order valence-corrected chi connectivity index (χ4v) is 7.39. The molecule has 0 amide bonds. The summed E-state index contributed by atoms with van der Waals surface area (Å²) in [6.07, 6.45) is 10.6. The van der Waals surface area contributed by atoms with Gasteiger partial charge in [-0.15, -0.1) is 0 Å². The van der Waals surface area contributed by atoms with Gasteiger partial charge >= 0.3 is 0 Å². The molecule has 0 fully saturated rings. The van der Waals surface area contributed by atoms with Gasteiger partial charge in [-0.2, -0.15) is 4.58 Å². The highest BCUT2D eigenvalue weighted by molar-refractivity contribution is 7.85. The Kier molecular flexibility index (Phi) is 11.5. The molecule has 0 N–H and O–H groups in total. The minimum absolute atomic E-state index is 0.220. The maximum Gasteiger partial charge on any atom is 0.208 e. The third-order valence-electron chi connectivity index (χ3n) is 9.26. The third-order valence-corrected chi connectivity index (χ3v) is 10.2. The maximum absolute atomic E-state index is 12.6. The van der Waals surface area contributed by atoms with Crippen molar-refractivity contribution in [1.29, 1.82) is 0 Å². The molecular weight excluding hydrogens is 625 g/mol. The fourth-order valence-electron chi connectivity index (χ4n) is 6.70. The average molecular weight is 673 g/mol. The summed E-state index contributed by atoms with van der Waals surface area (Å²) in [6, 6.07) is 29.8. The van der Waals surface area contributed by atoms with Gasteiger partial charge in [0.1, 0.15) is 16.7 Å². The largest absolute Gasteiger partial charge is 0.744 e. The Bertz CT molecular complexity index is 2070. The SMILES string of the molecule is CCCCN(c1ccccc1C)c1ccc(/C(=C2\C=CC(=[N+](CCCC)c3ccccc3C)C(C)=C2)c2ccccc2S(=O)(=O)[O-])cc1C. The monoisotopic (exact) mass is 672 g/mol. The summed E-state index contributed by atoms with van der Waals surface area (Å²) in [5.74, 6) is 0. The van der Waals surface area contributed by atoms with Crippen LogP contribution < -0.4 is 4.90 Å². The average Bonchev–Trinajstić information content (AvgIpc) is 3.08. The highest BCUT2D eigenvalue weighted by atomic mass is 32.2. The fraction of sp³-hybridized carbons (Fsp3) is 0.279. The van der Waals surface area contributed by atoms with Crippen molar-refractivity contribution >= 4 is 38.5 Å². The lowest BCUT2D eigenvalue weighted by atomic mass is 9.88. The summed E-state index contributed by atoms with van der Waals surface area (Å²) in [6.45, 7) is 14.6. The molecule has 0 spiro atoms. The van der Waals surface area contributed by atoms with Crippen LogP contribution in [0.2, 0.25) is 0 Å². The molecule has 4 aromatic carbocycles. The van der Waals surface area contributed by atoms with Crippen LogP contribution in [0.25, 0.3) is 5.57 Å². The molecular formula is C43H48N2O3S. The van der Waals surface area contributed by atoms with E-state index in [1.165, 1.54) is 28.6 Å². The summed E-state index contributed by atoms with van der Waals surface area (Å²) in [4.78, 5) is 2.16. The number of anilines is 2. The van der Waals surface area contributed by atoms with Crippen LogP contribution in [0, 0.1) is 20.8 Å². The first-order valence-corrected chi connectivity index (χ1v) is 18.8. The number of benzene rings is 4. The van der Waals surface area contributed by atoms with Crippen molar-refractivity contribution < 1.29 is 17.5 Å². The first-order valence-electron chi connectivity index (χ1n) is 17.4. The Balaban J connectivity index is 1.72. The highest BCUT2D eigenvalue weighted by Crippen LogP contribution is 2.38. The predicted molar refractivity (Wildman–Crippen MR) is 203 cm³/mol. The zero-order chi connectivity index (χ0) is 35.1. The van der Waals surface area contributed by atoms with Crippen molar-refractivity contribution in [3.05, 3.63) is 148 Å². The molecule has 0 saturated heterocycles. The molecule has 1 aliphatic rings. The second-order valence-corrected chi connectivity index (χ2v) is 14.3. The number of hydrogen-bond acceptors (Lipinski definition) is 4. The van der Waals surface area contributed by atoms with E-state index in [4.69, 9.17) is 0 Å². The molecule has 0 heterocycles. The highest BCUT2D eigenvalue weighted by Gasteiger charge is 2.24. The molecule has 0 unspecified atom stereocenters. The Hall–Kier alpha value is -4.52. The molecule has 0 aliphatic heterocycles. The zero-order valence-corrected chi connectivity index (χ0v) is 30.5. The molecule has 4 aromatic rings. The molecule has 1 aliphatic carbocycles. The summed E-state index contributed by atoms with van der Waals surface area (Å²) in [5.41, 5.74) is 11.9. The van der Waals surface area contributed by atoms with Crippen molar-refractivity contribution in [2.24, 2.45) is 0 Å². The van der Waals surface area contributed by atoms with Gasteiger partial charge in [-0.1, -0.05) is 87.4 Å². The lowest BCUT2D eigenvalue weighted by Crippen LogP contribution is -2.20. The van der Waals surface area contributed by atoms with Crippen LogP contribution in [0.1, 0.15) is 74.3 Å². The van der Waals surface area contributed by atoms with Crippen molar-refractivity contribution in [3.8, 4) is 0 Å². The van der Waals surface area contributed by atoms with E-state index >= 15 is 0 Å². The number of allylic oxidation sites excluding steroid dienone is 5. The van der Waals surface area contributed by atoms with Gasteiger partial charge in [0.2, 0.25) is 11.4 Å². The summed E-state index contributed by atoms with van der Waals surface area (Å²) >= 11 is 0. The molecule has 254 valence electrons. The first-order chi connectivity index (χ1) is 23.5. The Morgan fingerprint density at radius 3 is 2.04 bits per heavy atom. The standard InChI is InChI=1S/C43H48N2O3S/c1-7-9-27-44(38-20-14-11-17-31(38)3)40-25-23-35(29-33(40)5)43(37-19-13-16-22-42(37)49(46,47)48)36-24-26-41(34(6)30-36)45(28-10-8-2)39-21-15-12-18-32(39)4/h11-26,29-30H,7-10,27-28H2,1-6H3. The van der Waals surface area contributed by atoms with Crippen LogP contribution in [0.3, 0.4) is 0 Å². The van der Waals surface area contributed by atoms with Crippen molar-refractivity contribution in [2.75, 3.05) is 18.0 Å². The van der Waals surface area contributed by atoms with E-state index in [2.05, 4.69) is 136 Å². The van der Waals surface area contributed by atoms with Gasteiger partial charge in [-0.25, -0.2) is 8.42 Å². The van der Waals surface area contributed by atoms with Gasteiger partial charge in [0.25, 0.3) is 0 Å². The van der Waals surface area contributed by atoms with Crippen LogP contribution >= 0.6 is 0 Å². The molecule has 5 rings (SSSR count). The van der Waals surface area contributed by atoms with E-state index in [0.717, 1.165) is 72.4 Å². The van der Waals surface area contributed by atoms with Gasteiger partial charge in [0, 0.05) is 53.2 Å². The Labute approximate surface area is 293 Å². The van der Waals surface area contributed by atoms with E-state index in [1.54, 1.807) is 18.2 Å². The quantitative estimate of drug-likeness (QED) is 0.111. The molecule has 0 aromatic heterocycles. The molecule has 49 heavy (non-hydrogen) atoms. The number of aryl methyl sites for hydroxylation is 3. The number of rotatable bonds is 12. The van der Waals surface area contributed by atoms with Gasteiger partial charge in [0.05, 0.1) is 4.90 Å². The second-order valence-electron chi connectivity index (χ2n) is 12.9. The van der Waals surface area contributed by atoms with Crippen LogP contribution in [-0.2, 0) is 10.1 Å². The minimum atomic E-state index is -4.75. The van der Waals surface area contributed by atoms with Crippen LogP contribution in [-0.4, -0.2) is 36.3 Å². The topological polar surface area (TPSA) is 63.5 Å². The maximum atomic E-state index is 12.6. The smallest absolute Gasteiger partial charge is 0.208 e. The first kappa shape index (κ1) is 35.8. The summed E-state index contributed by atoms with van der Waals surface area (Å²) in [5, 5.41) is 0. The van der Waals surface area contributed by atoms with Crippen LogP contribution in [0.15, 0.2) is 125 Å². The zero-order valence-electron chi connectivity index (χ0n) is 29.7. The number of nitrogens with zero attached hydrogens (tertiary/aromatic N) is 2. The molecule has 5 nitrogen and oxygen atoms in total. The van der Waals surface area contributed by atoms with E-state index < -0.39 is 10.1 Å². The number of para-hydroxylation sites is 2. The van der Waals surface area contributed by atoms with Crippen molar-refractivity contribution in [2.45, 2.75) is 72.1 Å². The van der Waals surface area contributed by atoms with E-state index in [-0.39, 0.29) is 4.90 Å². The summed E-state index contributed by atoms with van der Waals surface area (Å²) in [7, 11) is -4.75. The van der Waals surface area contributed by atoms with Crippen LogP contribution in [0.4, 0.5) is 17.1 Å². The minimum Gasteiger partial charge on any atom is -0.744 e. The van der Waals surface area contributed by atoms with Crippen LogP contribution in [0.5, 0.6) is 0 Å². The molecule has 0 saturated carbocycles. The van der Waals surface area contributed by atoms with Gasteiger partial charge in [-0.3, -0.25) is 0 Å². The number of hydrogen-bond donors (Lipinski definition) is 0. The van der Waals surface area contributed by atoms with E-state index in [9.17, 15) is 13.0 Å². The Morgan fingerprint density at radius 2 is 1.39 bits per heavy atom. The van der Waals surface area contributed by atoms with Gasteiger partial charge in [-0.05, 0) is 98.4 Å². The normalized spacial score (nSPS) is 15.2. The lowest BCUT2D eigenvalue weighted by molar-refractivity contribution is -0.440. The molecule has 6 heteroatoms. The number of unbranched alkanes of at least 4 members (excludes halogenated alkanes) is 2.